The van der Waals surface area contributed by atoms with E-state index < -0.39 is 0 Å². The number of hydrogen-bond donors (Lipinski definition) is 0. The first-order valence-corrected chi connectivity index (χ1v) is 10.6. The second kappa shape index (κ2) is 10.5. The summed E-state index contributed by atoms with van der Waals surface area (Å²) in [7, 11) is 0. The largest absolute Gasteiger partial charge is 0.488 e. The van der Waals surface area contributed by atoms with Gasteiger partial charge in [0.25, 0.3) is 0 Å². The second-order valence-corrected chi connectivity index (χ2v) is 7.66. The molecule has 4 heteroatoms. The van der Waals surface area contributed by atoms with Crippen molar-refractivity contribution < 1.29 is 13.9 Å². The fraction of sp³-hybridized carbons (Fsp3) is 0.143. The van der Waals surface area contributed by atoms with E-state index in [4.69, 9.17) is 4.74 Å². The highest BCUT2D eigenvalue weighted by Crippen LogP contribution is 2.33. The van der Waals surface area contributed by atoms with Crippen molar-refractivity contribution in [3.63, 3.8) is 0 Å². The summed E-state index contributed by atoms with van der Waals surface area (Å²) in [4.78, 5) is 16.4. The van der Waals surface area contributed by atoms with Crippen molar-refractivity contribution >= 4 is 5.78 Å². The van der Waals surface area contributed by atoms with Crippen LogP contribution in [0.15, 0.2) is 97.3 Å². The smallest absolute Gasteiger partial charge is 0.137 e. The van der Waals surface area contributed by atoms with E-state index in [0.29, 0.717) is 37.2 Å². The van der Waals surface area contributed by atoms with Crippen molar-refractivity contribution in [2.75, 3.05) is 0 Å². The Balaban J connectivity index is 1.35. The molecule has 0 saturated carbocycles. The Labute approximate surface area is 187 Å². The van der Waals surface area contributed by atoms with E-state index in [0.717, 1.165) is 22.3 Å². The number of nitrogens with zero attached hydrogens (tertiary/aromatic N) is 1. The first kappa shape index (κ1) is 21.4. The van der Waals surface area contributed by atoms with Crippen LogP contribution in [0, 0.1) is 5.82 Å². The van der Waals surface area contributed by atoms with Crippen LogP contribution in [0.5, 0.6) is 5.75 Å². The van der Waals surface area contributed by atoms with E-state index in [2.05, 4.69) is 4.98 Å². The fourth-order valence-corrected chi connectivity index (χ4v) is 3.57. The lowest BCUT2D eigenvalue weighted by Crippen LogP contribution is -2.05. The lowest BCUT2D eigenvalue weighted by atomic mass is 10.0. The van der Waals surface area contributed by atoms with Gasteiger partial charge in [0.1, 0.15) is 24.0 Å². The van der Waals surface area contributed by atoms with E-state index in [1.807, 2.05) is 66.7 Å². The third-order valence-electron chi connectivity index (χ3n) is 5.27. The Bertz CT molecular complexity index is 1160. The van der Waals surface area contributed by atoms with Crippen molar-refractivity contribution in [2.24, 2.45) is 0 Å². The molecule has 0 aliphatic rings. The Morgan fingerprint density at radius 3 is 2.34 bits per heavy atom. The third kappa shape index (κ3) is 5.67. The van der Waals surface area contributed by atoms with Gasteiger partial charge >= 0.3 is 0 Å². The maximum atomic E-state index is 14.5. The molecule has 0 atom stereocenters. The topological polar surface area (TPSA) is 39.2 Å². The summed E-state index contributed by atoms with van der Waals surface area (Å²) in [5.74, 6) is 0.393. The minimum Gasteiger partial charge on any atom is -0.488 e. The first-order chi connectivity index (χ1) is 15.7. The monoisotopic (exact) mass is 425 g/mol. The number of ketones is 1. The highest BCUT2D eigenvalue weighted by Gasteiger charge is 2.12. The van der Waals surface area contributed by atoms with Gasteiger partial charge in [0.15, 0.2) is 0 Å². The first-order valence-electron chi connectivity index (χ1n) is 10.6. The number of ether oxygens (including phenoxy) is 1. The summed E-state index contributed by atoms with van der Waals surface area (Å²) in [5, 5.41) is 0. The van der Waals surface area contributed by atoms with Gasteiger partial charge in [0.05, 0.1) is 5.56 Å². The molecule has 0 saturated heterocycles. The van der Waals surface area contributed by atoms with Crippen molar-refractivity contribution in [3.05, 3.63) is 120 Å². The molecular formula is C28H24FNO2. The van der Waals surface area contributed by atoms with Crippen LogP contribution < -0.4 is 4.74 Å². The van der Waals surface area contributed by atoms with Gasteiger partial charge in [-0.1, -0.05) is 66.7 Å². The van der Waals surface area contributed by atoms with Gasteiger partial charge in [-0.2, -0.15) is 0 Å². The zero-order valence-corrected chi connectivity index (χ0v) is 17.7. The van der Waals surface area contributed by atoms with E-state index in [1.54, 1.807) is 24.5 Å². The van der Waals surface area contributed by atoms with Gasteiger partial charge in [-0.15, -0.1) is 0 Å². The highest BCUT2D eigenvalue weighted by atomic mass is 19.1. The van der Waals surface area contributed by atoms with Gasteiger partial charge in [0, 0.05) is 25.2 Å². The van der Waals surface area contributed by atoms with Gasteiger partial charge in [-0.05, 0) is 46.9 Å². The quantitative estimate of drug-likeness (QED) is 0.320. The maximum absolute atomic E-state index is 14.5. The third-order valence-corrected chi connectivity index (χ3v) is 5.27. The van der Waals surface area contributed by atoms with E-state index in [9.17, 15) is 9.18 Å². The molecule has 0 radical (unpaired) electrons. The highest BCUT2D eigenvalue weighted by molar-refractivity contribution is 5.81. The lowest BCUT2D eigenvalue weighted by molar-refractivity contribution is -0.118. The molecule has 1 aromatic heterocycles. The van der Waals surface area contributed by atoms with E-state index in [-0.39, 0.29) is 11.6 Å². The number of carbonyl (C=O) groups is 1. The minimum absolute atomic E-state index is 0.199. The molecule has 0 amide bonds. The predicted molar refractivity (Wildman–Crippen MR) is 124 cm³/mol. The van der Waals surface area contributed by atoms with Crippen molar-refractivity contribution in [3.8, 4) is 16.9 Å². The van der Waals surface area contributed by atoms with Crippen LogP contribution >= 0.6 is 0 Å². The van der Waals surface area contributed by atoms with Gasteiger partial charge < -0.3 is 4.74 Å². The SMILES string of the molecule is O=C(CCc1cccnc1)Cc1ccc(COc2cccc(F)c2-c2ccccc2)cc1. The average molecular weight is 426 g/mol. The number of Topliss-reactive ketones (excluding diaryl/α,β-unsaturated/α-hetero) is 1. The van der Waals surface area contributed by atoms with Crippen molar-refractivity contribution in [2.45, 2.75) is 25.9 Å². The van der Waals surface area contributed by atoms with Crippen molar-refractivity contribution in [1.82, 2.24) is 4.98 Å². The standard InChI is InChI=1S/C28H24FNO2/c29-26-9-4-10-27(28(26)24-7-2-1-3-8-24)32-20-23-13-11-21(12-14-23)18-25(31)16-15-22-6-5-17-30-19-22/h1-14,17,19H,15-16,18,20H2. The second-order valence-electron chi connectivity index (χ2n) is 7.66. The number of pyridine rings is 1. The lowest BCUT2D eigenvalue weighted by Gasteiger charge is -2.13. The Morgan fingerprint density at radius 1 is 0.812 bits per heavy atom. The van der Waals surface area contributed by atoms with Crippen LogP contribution in [0.4, 0.5) is 4.39 Å². The number of aromatic nitrogens is 1. The number of aryl methyl sites for hydroxylation is 1. The molecule has 0 unspecified atom stereocenters. The summed E-state index contributed by atoms with van der Waals surface area (Å²) < 4.78 is 20.4. The molecule has 4 aromatic rings. The summed E-state index contributed by atoms with van der Waals surface area (Å²) >= 11 is 0. The number of benzene rings is 3. The number of carbonyl (C=O) groups excluding carboxylic acids is 1. The van der Waals surface area contributed by atoms with E-state index in [1.165, 1.54) is 6.07 Å². The van der Waals surface area contributed by atoms with E-state index >= 15 is 0 Å². The number of rotatable bonds is 9. The molecule has 32 heavy (non-hydrogen) atoms. The van der Waals surface area contributed by atoms with Crippen LogP contribution in [0.3, 0.4) is 0 Å². The molecule has 0 aliphatic carbocycles. The van der Waals surface area contributed by atoms with Crippen LogP contribution in [0.1, 0.15) is 23.1 Å². The minimum atomic E-state index is -0.311. The zero-order valence-electron chi connectivity index (χ0n) is 17.7. The summed E-state index contributed by atoms with van der Waals surface area (Å²) in [5.41, 5.74) is 4.24. The Kier molecular flexibility index (Phi) is 7.03. The molecule has 3 aromatic carbocycles. The summed E-state index contributed by atoms with van der Waals surface area (Å²) in [6.07, 6.45) is 5.13. The maximum Gasteiger partial charge on any atom is 0.137 e. The molecule has 160 valence electrons. The Hall–Kier alpha value is -3.79. The molecule has 1 heterocycles. The molecular weight excluding hydrogens is 401 g/mol. The van der Waals surface area contributed by atoms with Gasteiger partial charge in [-0.25, -0.2) is 4.39 Å². The Morgan fingerprint density at radius 2 is 1.59 bits per heavy atom. The summed E-state index contributed by atoms with van der Waals surface area (Å²) in [6, 6.07) is 25.9. The van der Waals surface area contributed by atoms with Crippen LogP contribution in [0.25, 0.3) is 11.1 Å². The van der Waals surface area contributed by atoms with Gasteiger partial charge in [-0.3, -0.25) is 9.78 Å². The molecule has 3 nitrogen and oxygen atoms in total. The fourth-order valence-electron chi connectivity index (χ4n) is 3.57. The molecule has 0 fully saturated rings. The normalized spacial score (nSPS) is 10.7. The summed E-state index contributed by atoms with van der Waals surface area (Å²) in [6.45, 7) is 0.318. The van der Waals surface area contributed by atoms with Crippen LogP contribution in [0.2, 0.25) is 0 Å². The molecule has 0 aliphatic heterocycles. The number of halogens is 1. The molecule has 4 rings (SSSR count). The molecule has 0 spiro atoms. The average Bonchev–Trinajstić information content (AvgIpc) is 2.83. The number of hydrogen-bond acceptors (Lipinski definition) is 3. The zero-order chi connectivity index (χ0) is 22.2. The molecule has 0 bridgehead atoms. The predicted octanol–water partition coefficient (Wildman–Crippen LogP) is 6.21. The van der Waals surface area contributed by atoms with Crippen molar-refractivity contribution in [1.29, 1.82) is 0 Å². The molecule has 0 N–H and O–H groups in total. The van der Waals surface area contributed by atoms with Crippen LogP contribution in [-0.2, 0) is 24.2 Å². The van der Waals surface area contributed by atoms with Gasteiger partial charge in [0.2, 0.25) is 0 Å². The van der Waals surface area contributed by atoms with Crippen LogP contribution in [-0.4, -0.2) is 10.8 Å².